The average Bonchev–Trinajstić information content (AvgIpc) is 3.89. The predicted molar refractivity (Wildman–Crippen MR) is 178 cm³/mol. The number of aliphatic hydroxyl groups is 1. The van der Waals surface area contributed by atoms with E-state index < -0.39 is 11.8 Å². The molecule has 0 amide bonds. The van der Waals surface area contributed by atoms with Crippen LogP contribution in [0.25, 0.3) is 38.7 Å². The Morgan fingerprint density at radius 1 is 0.812 bits per heavy atom. The molecule has 0 spiro atoms. The lowest BCUT2D eigenvalue weighted by atomic mass is 9.87. The van der Waals surface area contributed by atoms with Crippen molar-refractivity contribution >= 4 is 62.7 Å². The van der Waals surface area contributed by atoms with E-state index >= 15 is 0 Å². The number of carbonyl (C=O) groups is 2. The van der Waals surface area contributed by atoms with Crippen LogP contribution >= 0.6 is 11.7 Å². The number of ether oxygens (including phenoxy) is 3. The van der Waals surface area contributed by atoms with Crippen LogP contribution in [0.15, 0.2) is 91.0 Å². The van der Waals surface area contributed by atoms with E-state index in [2.05, 4.69) is 28.7 Å². The number of aromatic nitrogens is 6. The topological polar surface area (TPSA) is 165 Å². The van der Waals surface area contributed by atoms with Crippen molar-refractivity contribution in [3.63, 3.8) is 0 Å². The SMILES string of the molecule is O=C1OC(O)(c2ccc3c(c2)OCCCO3)C(Cc2ccc3nc[nH]c3c2)=C1c1ccc2nsnc2c1.O=Cc1ccc2nc[nH]c2c1. The Balaban J connectivity index is 0.000000259. The molecule has 3 aromatic heterocycles. The third kappa shape index (κ3) is 5.34. The van der Waals surface area contributed by atoms with Gasteiger partial charge in [-0.25, -0.2) is 14.8 Å². The van der Waals surface area contributed by atoms with Crippen LogP contribution in [-0.4, -0.2) is 59.3 Å². The molecule has 48 heavy (non-hydrogen) atoms. The Hall–Kier alpha value is -5.92. The van der Waals surface area contributed by atoms with Crippen molar-refractivity contribution in [2.75, 3.05) is 13.2 Å². The number of esters is 1. The second-order valence-corrected chi connectivity index (χ2v) is 11.8. The van der Waals surface area contributed by atoms with Crippen LogP contribution in [0, 0.1) is 0 Å². The van der Waals surface area contributed by atoms with E-state index in [4.69, 9.17) is 14.2 Å². The molecule has 7 aromatic rings. The average molecular weight is 659 g/mol. The first-order valence-corrected chi connectivity index (χ1v) is 15.8. The van der Waals surface area contributed by atoms with E-state index in [0.717, 1.165) is 57.6 Å². The third-order valence-electron chi connectivity index (χ3n) is 8.28. The molecule has 2 aliphatic rings. The highest BCUT2D eigenvalue weighted by Gasteiger charge is 2.48. The van der Waals surface area contributed by atoms with Crippen molar-refractivity contribution in [3.8, 4) is 11.5 Å². The van der Waals surface area contributed by atoms with E-state index in [9.17, 15) is 14.7 Å². The van der Waals surface area contributed by atoms with Crippen LogP contribution in [0.1, 0.15) is 33.5 Å². The number of nitrogens with zero attached hydrogens (tertiary/aromatic N) is 4. The number of cyclic esters (lactones) is 1. The summed E-state index contributed by atoms with van der Waals surface area (Å²) in [4.78, 5) is 38.1. The lowest BCUT2D eigenvalue weighted by Crippen LogP contribution is -2.29. The first kappa shape index (κ1) is 29.5. The van der Waals surface area contributed by atoms with Gasteiger partial charge in [0.05, 0.1) is 65.2 Å². The second kappa shape index (κ2) is 12.0. The first-order chi connectivity index (χ1) is 23.5. The van der Waals surface area contributed by atoms with Crippen molar-refractivity contribution in [2.24, 2.45) is 0 Å². The first-order valence-electron chi connectivity index (χ1n) is 15.1. The van der Waals surface area contributed by atoms with Crippen LogP contribution in [0.4, 0.5) is 0 Å². The maximum absolute atomic E-state index is 13.4. The molecule has 12 nitrogen and oxygen atoms in total. The van der Waals surface area contributed by atoms with Gasteiger partial charge < -0.3 is 29.3 Å². The van der Waals surface area contributed by atoms with Gasteiger partial charge in [-0.1, -0.05) is 12.1 Å². The minimum Gasteiger partial charge on any atom is -0.490 e. The molecule has 0 radical (unpaired) electrons. The lowest BCUT2D eigenvalue weighted by molar-refractivity contribution is -0.185. The number of aldehydes is 1. The summed E-state index contributed by atoms with van der Waals surface area (Å²) in [6, 6.07) is 21.7. The summed E-state index contributed by atoms with van der Waals surface area (Å²) in [5, 5.41) is 12.1. The van der Waals surface area contributed by atoms with Crippen molar-refractivity contribution in [1.82, 2.24) is 28.7 Å². The van der Waals surface area contributed by atoms with Crippen molar-refractivity contribution in [1.29, 1.82) is 0 Å². The lowest BCUT2D eigenvalue weighted by Gasteiger charge is -2.26. The molecule has 0 bridgehead atoms. The van der Waals surface area contributed by atoms with Gasteiger partial charge in [0.25, 0.3) is 5.79 Å². The summed E-state index contributed by atoms with van der Waals surface area (Å²) in [7, 11) is 0. The molecule has 2 aliphatic heterocycles. The van der Waals surface area contributed by atoms with Crippen LogP contribution < -0.4 is 9.47 Å². The molecule has 0 saturated heterocycles. The number of hydrogen-bond acceptors (Lipinski definition) is 11. The van der Waals surface area contributed by atoms with Crippen molar-refractivity contribution in [3.05, 3.63) is 113 Å². The van der Waals surface area contributed by atoms with Gasteiger partial charge in [-0.15, -0.1) is 0 Å². The maximum atomic E-state index is 13.4. The third-order valence-corrected chi connectivity index (χ3v) is 8.84. The molecule has 0 aliphatic carbocycles. The zero-order chi connectivity index (χ0) is 32.7. The molecule has 1 unspecified atom stereocenters. The number of rotatable bonds is 5. The molecular weight excluding hydrogens is 632 g/mol. The zero-order valence-electron chi connectivity index (χ0n) is 25.2. The smallest absolute Gasteiger partial charge is 0.342 e. The molecule has 13 heteroatoms. The largest absolute Gasteiger partial charge is 0.490 e. The second-order valence-electron chi connectivity index (χ2n) is 11.3. The monoisotopic (exact) mass is 658 g/mol. The molecule has 1 atom stereocenters. The highest BCUT2D eigenvalue weighted by molar-refractivity contribution is 7.00. The van der Waals surface area contributed by atoms with Crippen molar-refractivity contribution < 1.29 is 28.9 Å². The molecule has 9 rings (SSSR count). The van der Waals surface area contributed by atoms with E-state index in [-0.39, 0.29) is 6.42 Å². The summed E-state index contributed by atoms with van der Waals surface area (Å²) in [5.41, 5.74) is 8.15. The highest BCUT2D eigenvalue weighted by atomic mass is 32.1. The van der Waals surface area contributed by atoms with Crippen LogP contribution in [0.2, 0.25) is 0 Å². The highest BCUT2D eigenvalue weighted by Crippen LogP contribution is 2.47. The Bertz CT molecular complexity index is 2380. The number of imidazole rings is 2. The fraction of sp³-hybridized carbons (Fsp3) is 0.143. The Kier molecular flexibility index (Phi) is 7.39. The van der Waals surface area contributed by atoms with Gasteiger partial charge in [-0.2, -0.15) is 8.75 Å². The summed E-state index contributed by atoms with van der Waals surface area (Å²) < 4.78 is 25.9. The zero-order valence-corrected chi connectivity index (χ0v) is 26.0. The Labute approximate surface area is 276 Å². The normalized spacial score (nSPS) is 17.3. The number of H-pyrrole nitrogens is 2. The van der Waals surface area contributed by atoms with Gasteiger partial charge in [-0.3, -0.25) is 4.79 Å². The molecule has 5 heterocycles. The van der Waals surface area contributed by atoms with E-state index in [1.165, 1.54) is 0 Å². The number of nitrogens with one attached hydrogen (secondary N) is 2. The number of carbonyl (C=O) groups excluding carboxylic acids is 2. The minimum atomic E-state index is -2.00. The molecule has 0 fully saturated rings. The van der Waals surface area contributed by atoms with E-state index in [1.807, 2.05) is 30.3 Å². The fourth-order valence-corrected chi connectivity index (χ4v) is 6.43. The van der Waals surface area contributed by atoms with Crippen LogP contribution in [0.3, 0.4) is 0 Å². The predicted octanol–water partition coefficient (Wildman–Crippen LogP) is 5.50. The van der Waals surface area contributed by atoms with Gasteiger partial charge in [0.2, 0.25) is 0 Å². The van der Waals surface area contributed by atoms with E-state index in [1.54, 1.807) is 55.1 Å². The van der Waals surface area contributed by atoms with Crippen LogP contribution in [0.5, 0.6) is 11.5 Å². The number of benzene rings is 4. The van der Waals surface area contributed by atoms with Gasteiger partial charge in [0.1, 0.15) is 17.3 Å². The standard InChI is InChI=1S/C27H20N4O5S.C8H6N2O/c32-26-25(16-3-6-20-22(12-16)31-37-30-20)18(10-15-2-5-19-21(11-15)29-14-28-19)27(33,36-26)17-4-7-23-24(13-17)35-9-1-8-34-23;11-4-6-1-2-7-8(3-6)10-5-9-7/h2-7,11-14,33H,1,8-10H2,(H,28,29);1-5H,(H,9,10). The number of fused-ring (bicyclic) bond motifs is 4. The van der Waals surface area contributed by atoms with Gasteiger partial charge >= 0.3 is 5.97 Å². The van der Waals surface area contributed by atoms with Gasteiger partial charge in [0.15, 0.2) is 11.5 Å². The van der Waals surface area contributed by atoms with Gasteiger partial charge in [0, 0.05) is 29.5 Å². The Morgan fingerprint density at radius 3 is 2.35 bits per heavy atom. The molecule has 3 N–H and O–H groups in total. The summed E-state index contributed by atoms with van der Waals surface area (Å²) in [6.45, 7) is 1.04. The summed E-state index contributed by atoms with van der Waals surface area (Å²) >= 11 is 1.10. The molecule has 238 valence electrons. The number of aromatic amines is 2. The fourth-order valence-electron chi connectivity index (χ4n) is 5.91. The van der Waals surface area contributed by atoms with Crippen molar-refractivity contribution in [2.45, 2.75) is 18.6 Å². The number of hydrogen-bond donors (Lipinski definition) is 3. The minimum absolute atomic E-state index is 0.258. The molecule has 0 saturated carbocycles. The van der Waals surface area contributed by atoms with E-state index in [0.29, 0.717) is 58.1 Å². The summed E-state index contributed by atoms with van der Waals surface area (Å²) in [6.07, 6.45) is 5.07. The molecular formula is C35H26N6O6S. The quantitative estimate of drug-likeness (QED) is 0.159. The summed E-state index contributed by atoms with van der Waals surface area (Å²) in [5.74, 6) is -1.53. The molecule has 4 aromatic carbocycles. The maximum Gasteiger partial charge on any atom is 0.342 e. The Morgan fingerprint density at radius 2 is 1.54 bits per heavy atom. The van der Waals surface area contributed by atoms with Crippen LogP contribution in [-0.2, 0) is 21.7 Å². The van der Waals surface area contributed by atoms with Gasteiger partial charge in [-0.05, 0) is 71.8 Å².